The summed E-state index contributed by atoms with van der Waals surface area (Å²) in [5.41, 5.74) is 1.17. The van der Waals surface area contributed by atoms with E-state index in [4.69, 9.17) is 0 Å². The third-order valence-corrected chi connectivity index (χ3v) is 0. The molecule has 0 amide bonds. The first kappa shape index (κ1) is 15.9. The lowest BCUT2D eigenvalue weighted by molar-refractivity contribution is 1.42. The van der Waals surface area contributed by atoms with Gasteiger partial charge in [-0.1, -0.05) is 5.57 Å². The van der Waals surface area contributed by atoms with Crippen LogP contribution in [0.2, 0.25) is 0 Å². The van der Waals surface area contributed by atoms with Crippen molar-refractivity contribution in [3.05, 3.63) is 12.2 Å². The fourth-order valence-electron chi connectivity index (χ4n) is 0. The zero-order valence-corrected chi connectivity index (χ0v) is 7.45. The molecule has 0 nitrogen and oxygen atoms in total. The lowest BCUT2D eigenvalue weighted by Gasteiger charge is -1.65. The standard InChI is InChI=1S/C4H8.2BrH/c1-4(2)3;;/h1H2,2-3H3;2*1H. The highest BCUT2D eigenvalue weighted by atomic mass is 79.9. The number of hydrogen-bond acceptors (Lipinski definition) is 0. The summed E-state index contributed by atoms with van der Waals surface area (Å²) in [5.74, 6) is 0. The van der Waals surface area contributed by atoms with E-state index in [9.17, 15) is 0 Å². The molecule has 0 atom stereocenters. The van der Waals surface area contributed by atoms with Gasteiger partial charge in [-0.15, -0.1) is 40.5 Å². The largest absolute Gasteiger partial charge is 0.114 e. The number of halogens is 2. The summed E-state index contributed by atoms with van der Waals surface area (Å²) in [7, 11) is 0. The Morgan fingerprint density at radius 3 is 1.17 bits per heavy atom. The molecule has 0 heterocycles. The summed E-state index contributed by atoms with van der Waals surface area (Å²) < 4.78 is 0. The van der Waals surface area contributed by atoms with Crippen molar-refractivity contribution in [1.29, 1.82) is 0 Å². The van der Waals surface area contributed by atoms with Crippen molar-refractivity contribution in [2.75, 3.05) is 0 Å². The van der Waals surface area contributed by atoms with E-state index in [-0.39, 0.29) is 34.0 Å². The van der Waals surface area contributed by atoms with E-state index >= 15 is 0 Å². The SMILES string of the molecule is Br.Br.C=C(C)C. The zero-order chi connectivity index (χ0) is 3.58. The Morgan fingerprint density at radius 1 is 1.17 bits per heavy atom. The fraction of sp³-hybridized carbons (Fsp3) is 0.500. The molecule has 0 spiro atoms. The molecule has 0 aromatic rings. The van der Waals surface area contributed by atoms with Crippen LogP contribution in [0.5, 0.6) is 0 Å². The summed E-state index contributed by atoms with van der Waals surface area (Å²) in [5, 5.41) is 0. The molecular weight excluding hydrogens is 208 g/mol. The summed E-state index contributed by atoms with van der Waals surface area (Å²) >= 11 is 0. The van der Waals surface area contributed by atoms with Crippen LogP contribution in [-0.2, 0) is 0 Å². The average Bonchev–Trinajstić information content (AvgIpc) is 0.811. The van der Waals surface area contributed by atoms with Gasteiger partial charge in [-0.2, -0.15) is 0 Å². The summed E-state index contributed by atoms with van der Waals surface area (Å²) in [6.45, 7) is 7.50. The summed E-state index contributed by atoms with van der Waals surface area (Å²) in [4.78, 5) is 0. The maximum absolute atomic E-state index is 3.56. The van der Waals surface area contributed by atoms with E-state index in [1.807, 2.05) is 13.8 Å². The first-order chi connectivity index (χ1) is 1.73. The Labute approximate surface area is 60.2 Å². The molecule has 0 aromatic carbocycles. The van der Waals surface area contributed by atoms with Gasteiger partial charge in [0.1, 0.15) is 0 Å². The van der Waals surface area contributed by atoms with Gasteiger partial charge in [-0.05, 0) is 13.8 Å². The first-order valence-corrected chi connectivity index (χ1v) is 1.35. The van der Waals surface area contributed by atoms with E-state index in [1.165, 1.54) is 5.57 Å². The highest BCUT2D eigenvalue weighted by Crippen LogP contribution is 1.73. The van der Waals surface area contributed by atoms with Crippen molar-refractivity contribution >= 4 is 34.0 Å². The molecule has 0 radical (unpaired) electrons. The van der Waals surface area contributed by atoms with E-state index in [2.05, 4.69) is 6.58 Å². The zero-order valence-electron chi connectivity index (χ0n) is 4.02. The van der Waals surface area contributed by atoms with Crippen molar-refractivity contribution in [1.82, 2.24) is 0 Å². The van der Waals surface area contributed by atoms with Crippen molar-refractivity contribution < 1.29 is 0 Å². The Balaban J connectivity index is -0.0000000450. The Kier molecular flexibility index (Phi) is 24.4. The lowest BCUT2D eigenvalue weighted by atomic mass is 10.4. The van der Waals surface area contributed by atoms with Gasteiger partial charge in [-0.25, -0.2) is 0 Å². The molecule has 0 bridgehead atoms. The molecule has 0 saturated carbocycles. The molecule has 0 aliphatic rings. The lowest BCUT2D eigenvalue weighted by Crippen LogP contribution is -1.43. The molecule has 0 rings (SSSR count). The second-order valence-electron chi connectivity index (χ2n) is 1.21. The van der Waals surface area contributed by atoms with E-state index < -0.39 is 0 Å². The van der Waals surface area contributed by atoms with E-state index in [0.29, 0.717) is 0 Å². The Hall–Kier alpha value is 0.700. The van der Waals surface area contributed by atoms with Gasteiger partial charge in [0.15, 0.2) is 0 Å². The topological polar surface area (TPSA) is 0 Å². The van der Waals surface area contributed by atoms with Crippen molar-refractivity contribution in [2.45, 2.75) is 13.8 Å². The van der Waals surface area contributed by atoms with Crippen LogP contribution in [0.1, 0.15) is 13.8 Å². The average molecular weight is 218 g/mol. The fourth-order valence-corrected chi connectivity index (χ4v) is 0. The molecule has 0 aromatic heterocycles. The van der Waals surface area contributed by atoms with Gasteiger partial charge in [0.05, 0.1) is 0 Å². The van der Waals surface area contributed by atoms with Crippen LogP contribution >= 0.6 is 34.0 Å². The highest BCUT2D eigenvalue weighted by molar-refractivity contribution is 8.93. The Bertz CT molecular complexity index is 28.5. The maximum atomic E-state index is 3.56. The van der Waals surface area contributed by atoms with Crippen LogP contribution in [0, 0.1) is 0 Å². The summed E-state index contributed by atoms with van der Waals surface area (Å²) in [6, 6.07) is 0. The second kappa shape index (κ2) is 9.20. The van der Waals surface area contributed by atoms with Crippen LogP contribution in [0.4, 0.5) is 0 Å². The molecule has 2 heteroatoms. The van der Waals surface area contributed by atoms with Gasteiger partial charge in [0, 0.05) is 0 Å². The van der Waals surface area contributed by atoms with Crippen molar-refractivity contribution in [3.8, 4) is 0 Å². The normalized spacial score (nSPS) is 4.33. The molecule has 0 saturated heterocycles. The minimum atomic E-state index is 0. The van der Waals surface area contributed by atoms with Crippen molar-refractivity contribution in [2.24, 2.45) is 0 Å². The third-order valence-electron chi connectivity index (χ3n) is 0. The maximum Gasteiger partial charge on any atom is -0.0445 e. The minimum absolute atomic E-state index is 0. The predicted molar refractivity (Wildman–Crippen MR) is 41.1 cm³/mol. The number of rotatable bonds is 0. The van der Waals surface area contributed by atoms with Gasteiger partial charge in [-0.3, -0.25) is 0 Å². The van der Waals surface area contributed by atoms with Gasteiger partial charge in [0.25, 0.3) is 0 Å². The van der Waals surface area contributed by atoms with Crippen molar-refractivity contribution in [3.63, 3.8) is 0 Å². The van der Waals surface area contributed by atoms with Crippen LogP contribution in [0.15, 0.2) is 12.2 Å². The van der Waals surface area contributed by atoms with Crippen LogP contribution in [-0.4, -0.2) is 0 Å². The molecule has 0 N–H and O–H groups in total. The molecule has 0 aliphatic heterocycles. The monoisotopic (exact) mass is 216 g/mol. The van der Waals surface area contributed by atoms with Gasteiger partial charge < -0.3 is 0 Å². The third kappa shape index (κ3) is 131. The number of hydrogen-bond donors (Lipinski definition) is 0. The van der Waals surface area contributed by atoms with Crippen LogP contribution in [0.25, 0.3) is 0 Å². The smallest absolute Gasteiger partial charge is 0.0445 e. The van der Waals surface area contributed by atoms with Crippen LogP contribution < -0.4 is 0 Å². The van der Waals surface area contributed by atoms with E-state index in [1.54, 1.807) is 0 Å². The van der Waals surface area contributed by atoms with E-state index in [0.717, 1.165) is 0 Å². The van der Waals surface area contributed by atoms with Gasteiger partial charge in [0.2, 0.25) is 0 Å². The molecule has 6 heavy (non-hydrogen) atoms. The van der Waals surface area contributed by atoms with Gasteiger partial charge >= 0.3 is 0 Å². The minimum Gasteiger partial charge on any atom is -0.114 e. The molecule has 0 aliphatic carbocycles. The summed E-state index contributed by atoms with van der Waals surface area (Å²) in [6.07, 6.45) is 0. The quantitative estimate of drug-likeness (QED) is 0.548. The molecule has 0 fully saturated rings. The molecule has 40 valence electrons. The molecular formula is C4H10Br2. The predicted octanol–water partition coefficient (Wildman–Crippen LogP) is 2.74. The second-order valence-corrected chi connectivity index (χ2v) is 1.21. The highest BCUT2D eigenvalue weighted by Gasteiger charge is 1.51. The Morgan fingerprint density at radius 2 is 1.17 bits per heavy atom. The first-order valence-electron chi connectivity index (χ1n) is 1.35. The number of allylic oxidation sites excluding steroid dienone is 1. The van der Waals surface area contributed by atoms with Crippen LogP contribution in [0.3, 0.4) is 0 Å². The molecule has 0 unspecified atom stereocenters.